The Morgan fingerprint density at radius 1 is 1.90 bits per heavy atom. The molecule has 0 aromatic carbocycles. The first-order chi connectivity index (χ1) is 4.46. The molecule has 1 fully saturated rings. The zero-order chi connectivity index (χ0) is 7.99. The van der Waals surface area contributed by atoms with E-state index in [0.717, 1.165) is 6.08 Å². The standard InChI is InChI=1S/C7H9FO2/c1-3-7(8)4-6(7,2)5(9)10/h3H,1,4H2,2H3,(H,9,10)/t6-,7-/m0/s1. The average Bonchev–Trinajstić information content (AvgIpc) is 2.39. The fourth-order valence-corrected chi connectivity index (χ4v) is 1.02. The van der Waals surface area contributed by atoms with Gasteiger partial charge in [0.2, 0.25) is 0 Å². The van der Waals surface area contributed by atoms with Crippen molar-refractivity contribution in [3.8, 4) is 0 Å². The Bertz CT molecular complexity index is 202. The van der Waals surface area contributed by atoms with Crippen molar-refractivity contribution in [3.05, 3.63) is 12.7 Å². The zero-order valence-electron chi connectivity index (χ0n) is 5.72. The van der Waals surface area contributed by atoms with Gasteiger partial charge >= 0.3 is 5.97 Å². The molecule has 0 aliphatic heterocycles. The van der Waals surface area contributed by atoms with E-state index in [1.54, 1.807) is 0 Å². The summed E-state index contributed by atoms with van der Waals surface area (Å²) in [5.41, 5.74) is -2.88. The van der Waals surface area contributed by atoms with E-state index in [4.69, 9.17) is 5.11 Å². The quantitative estimate of drug-likeness (QED) is 0.594. The van der Waals surface area contributed by atoms with E-state index in [-0.39, 0.29) is 6.42 Å². The third-order valence-corrected chi connectivity index (χ3v) is 2.20. The van der Waals surface area contributed by atoms with Crippen molar-refractivity contribution in [1.82, 2.24) is 0 Å². The molecule has 0 aromatic rings. The number of carboxylic acids is 1. The molecule has 0 heterocycles. The van der Waals surface area contributed by atoms with Gasteiger partial charge in [-0.2, -0.15) is 0 Å². The topological polar surface area (TPSA) is 37.3 Å². The molecule has 1 saturated carbocycles. The van der Waals surface area contributed by atoms with E-state index < -0.39 is 17.1 Å². The average molecular weight is 144 g/mol. The molecule has 3 heteroatoms. The van der Waals surface area contributed by atoms with Crippen LogP contribution in [0.25, 0.3) is 0 Å². The molecule has 1 aliphatic carbocycles. The summed E-state index contributed by atoms with van der Waals surface area (Å²) in [5, 5.41) is 8.49. The molecule has 1 aliphatic rings. The highest BCUT2D eigenvalue weighted by Crippen LogP contribution is 2.59. The van der Waals surface area contributed by atoms with Crippen molar-refractivity contribution in [2.75, 3.05) is 0 Å². The van der Waals surface area contributed by atoms with Crippen molar-refractivity contribution in [3.63, 3.8) is 0 Å². The second kappa shape index (κ2) is 1.59. The summed E-state index contributed by atoms with van der Waals surface area (Å²) >= 11 is 0. The van der Waals surface area contributed by atoms with Crippen LogP contribution in [-0.2, 0) is 4.79 Å². The number of carbonyl (C=O) groups is 1. The smallest absolute Gasteiger partial charge is 0.313 e. The number of hydrogen-bond acceptors (Lipinski definition) is 1. The number of allylic oxidation sites excluding steroid dienone is 1. The maximum Gasteiger partial charge on any atom is 0.313 e. The molecular formula is C7H9FO2. The predicted molar refractivity (Wildman–Crippen MR) is 34.4 cm³/mol. The molecule has 2 nitrogen and oxygen atoms in total. The molecule has 10 heavy (non-hydrogen) atoms. The largest absolute Gasteiger partial charge is 0.481 e. The molecule has 1 N–H and O–H groups in total. The minimum Gasteiger partial charge on any atom is -0.481 e. The van der Waals surface area contributed by atoms with Crippen LogP contribution in [0, 0.1) is 5.41 Å². The van der Waals surface area contributed by atoms with Crippen molar-refractivity contribution in [2.45, 2.75) is 19.0 Å². The van der Waals surface area contributed by atoms with E-state index in [1.807, 2.05) is 0 Å². The van der Waals surface area contributed by atoms with Gasteiger partial charge < -0.3 is 5.11 Å². The molecule has 1 rings (SSSR count). The van der Waals surface area contributed by atoms with Crippen LogP contribution in [0.15, 0.2) is 12.7 Å². The molecule has 2 atom stereocenters. The van der Waals surface area contributed by atoms with Gasteiger partial charge in [0.15, 0.2) is 0 Å². The number of aliphatic carboxylic acids is 1. The first kappa shape index (κ1) is 7.25. The van der Waals surface area contributed by atoms with E-state index >= 15 is 0 Å². The lowest BCUT2D eigenvalue weighted by atomic mass is 10.1. The van der Waals surface area contributed by atoms with Crippen molar-refractivity contribution in [2.24, 2.45) is 5.41 Å². The minimum atomic E-state index is -1.67. The fourth-order valence-electron chi connectivity index (χ4n) is 1.02. The number of rotatable bonds is 2. The predicted octanol–water partition coefficient (Wildman–Crippen LogP) is 1.38. The minimum absolute atomic E-state index is 0.0544. The second-order valence-electron chi connectivity index (χ2n) is 2.88. The van der Waals surface area contributed by atoms with Crippen LogP contribution in [-0.4, -0.2) is 16.7 Å². The van der Waals surface area contributed by atoms with Crippen LogP contribution in [0.5, 0.6) is 0 Å². The van der Waals surface area contributed by atoms with Crippen LogP contribution in [0.2, 0.25) is 0 Å². The summed E-state index contributed by atoms with van der Waals surface area (Å²) in [6.07, 6.45) is 1.12. The highest BCUT2D eigenvalue weighted by atomic mass is 19.1. The van der Waals surface area contributed by atoms with Crippen LogP contribution < -0.4 is 0 Å². The van der Waals surface area contributed by atoms with Crippen LogP contribution in [0.1, 0.15) is 13.3 Å². The van der Waals surface area contributed by atoms with Gasteiger partial charge in [0, 0.05) is 6.42 Å². The number of alkyl halides is 1. The molecule has 0 unspecified atom stereocenters. The third kappa shape index (κ3) is 0.602. The van der Waals surface area contributed by atoms with Gasteiger partial charge in [-0.3, -0.25) is 4.79 Å². The molecule has 0 bridgehead atoms. The Balaban J connectivity index is 2.82. The normalized spacial score (nSPS) is 44.6. The first-order valence-corrected chi connectivity index (χ1v) is 3.02. The van der Waals surface area contributed by atoms with Gasteiger partial charge in [-0.25, -0.2) is 4.39 Å². The highest BCUT2D eigenvalue weighted by Gasteiger charge is 2.69. The summed E-state index contributed by atoms with van der Waals surface area (Å²) < 4.78 is 13.0. The summed E-state index contributed by atoms with van der Waals surface area (Å²) in [4.78, 5) is 10.4. The maximum absolute atomic E-state index is 13.0. The molecule has 0 aromatic heterocycles. The summed E-state index contributed by atoms with van der Waals surface area (Å²) in [6.45, 7) is 4.62. The van der Waals surface area contributed by atoms with Gasteiger partial charge in [-0.1, -0.05) is 12.7 Å². The number of hydrogen-bond donors (Lipinski definition) is 1. The van der Waals surface area contributed by atoms with Crippen LogP contribution >= 0.6 is 0 Å². The molecule has 0 saturated heterocycles. The highest BCUT2D eigenvalue weighted by molar-refractivity contribution is 5.81. The molecule has 0 amide bonds. The number of carboxylic acid groups (broad SMARTS) is 1. The lowest BCUT2D eigenvalue weighted by Crippen LogP contribution is -2.19. The van der Waals surface area contributed by atoms with Gasteiger partial charge in [0.05, 0.1) is 0 Å². The van der Waals surface area contributed by atoms with E-state index in [1.165, 1.54) is 6.92 Å². The Hall–Kier alpha value is -0.860. The molecular weight excluding hydrogens is 135 g/mol. The first-order valence-electron chi connectivity index (χ1n) is 3.02. The van der Waals surface area contributed by atoms with Crippen molar-refractivity contribution in [1.29, 1.82) is 0 Å². The van der Waals surface area contributed by atoms with Gasteiger partial charge in [0.1, 0.15) is 11.1 Å². The summed E-state index contributed by atoms with van der Waals surface area (Å²) in [6, 6.07) is 0. The van der Waals surface area contributed by atoms with Crippen molar-refractivity contribution < 1.29 is 14.3 Å². The van der Waals surface area contributed by atoms with E-state index in [2.05, 4.69) is 6.58 Å². The SMILES string of the molecule is C=C[C@]1(F)C[C@@]1(C)C(=O)O. The Labute approximate surface area is 58.4 Å². The monoisotopic (exact) mass is 144 g/mol. The van der Waals surface area contributed by atoms with Crippen molar-refractivity contribution >= 4 is 5.97 Å². The lowest BCUT2D eigenvalue weighted by molar-refractivity contribution is -0.143. The van der Waals surface area contributed by atoms with E-state index in [9.17, 15) is 9.18 Å². The molecule has 56 valence electrons. The number of halogens is 1. The third-order valence-electron chi connectivity index (χ3n) is 2.20. The van der Waals surface area contributed by atoms with Gasteiger partial charge in [-0.15, -0.1) is 0 Å². The Kier molecular flexibility index (Phi) is 1.15. The Morgan fingerprint density at radius 3 is 2.50 bits per heavy atom. The zero-order valence-corrected chi connectivity index (χ0v) is 5.72. The molecule has 0 spiro atoms. The lowest BCUT2D eigenvalue weighted by Gasteiger charge is -2.04. The Morgan fingerprint density at radius 2 is 2.40 bits per heavy atom. The molecule has 0 radical (unpaired) electrons. The van der Waals surface area contributed by atoms with E-state index in [0.29, 0.717) is 0 Å². The summed E-state index contributed by atoms with van der Waals surface area (Å²) in [7, 11) is 0. The van der Waals surface area contributed by atoms with Gasteiger partial charge in [0.25, 0.3) is 0 Å². The van der Waals surface area contributed by atoms with Gasteiger partial charge in [-0.05, 0) is 6.92 Å². The summed E-state index contributed by atoms with van der Waals surface area (Å²) in [5.74, 6) is -1.09. The second-order valence-corrected chi connectivity index (χ2v) is 2.88. The maximum atomic E-state index is 13.0. The van der Waals surface area contributed by atoms with Crippen LogP contribution in [0.4, 0.5) is 4.39 Å². The van der Waals surface area contributed by atoms with Crippen LogP contribution in [0.3, 0.4) is 0 Å². The fraction of sp³-hybridized carbons (Fsp3) is 0.571.